The molecule has 2 atom stereocenters. The minimum absolute atomic E-state index is 0.110. The molecule has 184 valence electrons. The summed E-state index contributed by atoms with van der Waals surface area (Å²) in [6.45, 7) is 4.51. The van der Waals surface area contributed by atoms with E-state index in [2.05, 4.69) is 77.8 Å². The lowest BCUT2D eigenvalue weighted by Gasteiger charge is -2.61. The molecule has 35 heavy (non-hydrogen) atoms. The first kappa shape index (κ1) is 23.9. The van der Waals surface area contributed by atoms with Crippen LogP contribution in [0.5, 0.6) is 5.75 Å². The Labute approximate surface area is 209 Å². The molecular formula is C29H34N2O3S. The van der Waals surface area contributed by atoms with Crippen LogP contribution in [0.25, 0.3) is 0 Å². The average molecular weight is 491 g/mol. The van der Waals surface area contributed by atoms with Gasteiger partial charge in [-0.15, -0.1) is 0 Å². The van der Waals surface area contributed by atoms with E-state index in [-0.39, 0.29) is 17.5 Å². The summed E-state index contributed by atoms with van der Waals surface area (Å²) in [7, 11) is -1.71. The minimum atomic E-state index is -3.34. The van der Waals surface area contributed by atoms with Crippen LogP contribution in [-0.4, -0.2) is 51.4 Å². The molecule has 3 heterocycles. The van der Waals surface area contributed by atoms with E-state index in [1.807, 2.05) is 0 Å². The molecule has 0 saturated carbocycles. The molecule has 6 rings (SSSR count). The van der Waals surface area contributed by atoms with E-state index in [0.717, 1.165) is 31.6 Å². The highest BCUT2D eigenvalue weighted by molar-refractivity contribution is 7.90. The highest BCUT2D eigenvalue weighted by atomic mass is 32.2. The zero-order valence-electron chi connectivity index (χ0n) is 20.6. The molecule has 0 aliphatic carbocycles. The Morgan fingerprint density at radius 2 is 1.51 bits per heavy atom. The van der Waals surface area contributed by atoms with Gasteiger partial charge in [-0.3, -0.25) is 4.90 Å². The van der Waals surface area contributed by atoms with Crippen LogP contribution in [0, 0.1) is 5.92 Å². The molecular weight excluding hydrogens is 456 g/mol. The molecule has 0 aromatic heterocycles. The normalized spacial score (nSPS) is 26.0. The smallest absolute Gasteiger partial charge is 0.175 e. The second-order valence-electron chi connectivity index (χ2n) is 10.1. The van der Waals surface area contributed by atoms with Gasteiger partial charge in [-0.2, -0.15) is 0 Å². The van der Waals surface area contributed by atoms with Crippen LogP contribution in [0.15, 0.2) is 83.8 Å². The molecule has 3 aliphatic heterocycles. The molecule has 3 aromatic rings. The van der Waals surface area contributed by atoms with Crippen molar-refractivity contribution < 1.29 is 13.2 Å². The minimum Gasteiger partial charge on any atom is -0.495 e. The van der Waals surface area contributed by atoms with Gasteiger partial charge in [0.2, 0.25) is 0 Å². The average Bonchev–Trinajstić information content (AvgIpc) is 2.87. The SMILES string of the molecule is COc1ccc(S(C)(=O)=O)cc1N[C@H]1C2CCN(CC2)[C@@]1(C)C(c1ccccc1)c1ccccc1. The molecule has 0 spiro atoms. The van der Waals surface area contributed by atoms with E-state index < -0.39 is 9.84 Å². The summed E-state index contributed by atoms with van der Waals surface area (Å²) in [5.41, 5.74) is 3.09. The van der Waals surface area contributed by atoms with Gasteiger partial charge in [-0.1, -0.05) is 60.7 Å². The predicted octanol–water partition coefficient (Wildman–Crippen LogP) is 5.20. The summed E-state index contributed by atoms with van der Waals surface area (Å²) < 4.78 is 30.3. The van der Waals surface area contributed by atoms with E-state index in [1.165, 1.54) is 17.4 Å². The van der Waals surface area contributed by atoms with Gasteiger partial charge in [0.05, 0.1) is 17.7 Å². The first-order valence-electron chi connectivity index (χ1n) is 12.3. The number of methoxy groups -OCH3 is 1. The second kappa shape index (κ2) is 9.32. The van der Waals surface area contributed by atoms with Crippen LogP contribution in [0.4, 0.5) is 5.69 Å². The van der Waals surface area contributed by atoms with Gasteiger partial charge in [0.1, 0.15) is 5.75 Å². The van der Waals surface area contributed by atoms with Gasteiger partial charge < -0.3 is 10.1 Å². The van der Waals surface area contributed by atoms with Crippen molar-refractivity contribution in [3.63, 3.8) is 0 Å². The Kier molecular flexibility index (Phi) is 6.36. The van der Waals surface area contributed by atoms with Crippen molar-refractivity contribution in [1.29, 1.82) is 0 Å². The van der Waals surface area contributed by atoms with Crippen molar-refractivity contribution >= 4 is 15.5 Å². The molecule has 0 amide bonds. The second-order valence-corrected chi connectivity index (χ2v) is 12.1. The largest absolute Gasteiger partial charge is 0.495 e. The number of nitrogens with zero attached hydrogens (tertiary/aromatic N) is 1. The lowest BCUT2D eigenvalue weighted by atomic mass is 9.62. The Bertz CT molecular complexity index is 1230. The number of sulfone groups is 1. The lowest BCUT2D eigenvalue weighted by Crippen LogP contribution is -2.70. The number of fused-ring (bicyclic) bond motifs is 3. The Morgan fingerprint density at radius 3 is 2.03 bits per heavy atom. The summed E-state index contributed by atoms with van der Waals surface area (Å²) in [5.74, 6) is 1.29. The number of rotatable bonds is 7. The fourth-order valence-electron chi connectivity index (χ4n) is 6.37. The number of anilines is 1. The Balaban J connectivity index is 1.64. The van der Waals surface area contributed by atoms with Crippen molar-refractivity contribution in [2.45, 2.75) is 42.2 Å². The highest BCUT2D eigenvalue weighted by Gasteiger charge is 2.55. The maximum Gasteiger partial charge on any atom is 0.175 e. The molecule has 3 aromatic carbocycles. The van der Waals surface area contributed by atoms with Gasteiger partial charge in [-0.05, 0) is 68.1 Å². The number of hydrogen-bond acceptors (Lipinski definition) is 5. The topological polar surface area (TPSA) is 58.6 Å². The van der Waals surface area contributed by atoms with Gasteiger partial charge in [0.25, 0.3) is 0 Å². The molecule has 3 fully saturated rings. The molecule has 6 heteroatoms. The Hall–Kier alpha value is -2.83. The first-order chi connectivity index (χ1) is 16.8. The fraction of sp³-hybridized carbons (Fsp3) is 0.379. The maximum absolute atomic E-state index is 12.3. The van der Waals surface area contributed by atoms with Crippen LogP contribution in [0.1, 0.15) is 36.8 Å². The summed E-state index contributed by atoms with van der Waals surface area (Å²) >= 11 is 0. The molecule has 0 radical (unpaired) electrons. The number of ether oxygens (including phenoxy) is 1. The third-order valence-corrected chi connectivity index (χ3v) is 9.19. The number of hydrogen-bond donors (Lipinski definition) is 1. The van der Waals surface area contributed by atoms with E-state index in [9.17, 15) is 8.42 Å². The molecule has 5 nitrogen and oxygen atoms in total. The Morgan fingerprint density at radius 1 is 0.943 bits per heavy atom. The van der Waals surface area contributed by atoms with Gasteiger partial charge in [0, 0.05) is 23.8 Å². The third-order valence-electron chi connectivity index (χ3n) is 8.08. The lowest BCUT2D eigenvalue weighted by molar-refractivity contribution is -0.0401. The van der Waals surface area contributed by atoms with Crippen LogP contribution in [0.2, 0.25) is 0 Å². The zero-order chi connectivity index (χ0) is 24.6. The number of piperidine rings is 3. The van der Waals surface area contributed by atoms with Crippen LogP contribution >= 0.6 is 0 Å². The van der Waals surface area contributed by atoms with Crippen molar-refractivity contribution in [2.75, 3.05) is 31.8 Å². The standard InChI is InChI=1S/C29H34N2O3S/c1-29(27(21-10-6-4-7-11-21)22-12-8-5-9-13-22)28(23-16-18-31(29)19-17-23)30-25-20-24(35(3,32)33)14-15-26(25)34-2/h4-15,20,23,27-28,30H,16-19H2,1-3H3/t28-,29-/m0/s1. The van der Waals surface area contributed by atoms with Crippen LogP contribution in [-0.2, 0) is 9.84 Å². The molecule has 1 N–H and O–H groups in total. The third kappa shape index (κ3) is 4.34. The molecule has 3 saturated heterocycles. The summed E-state index contributed by atoms with van der Waals surface area (Å²) in [4.78, 5) is 2.94. The number of benzene rings is 3. The van der Waals surface area contributed by atoms with E-state index >= 15 is 0 Å². The zero-order valence-corrected chi connectivity index (χ0v) is 21.5. The van der Waals surface area contributed by atoms with Crippen molar-refractivity contribution in [3.05, 3.63) is 90.0 Å². The van der Waals surface area contributed by atoms with E-state index in [0.29, 0.717) is 16.6 Å². The molecule has 0 unspecified atom stereocenters. The van der Waals surface area contributed by atoms with Gasteiger partial charge >= 0.3 is 0 Å². The quantitative estimate of drug-likeness (QED) is 0.494. The molecule has 3 aliphatic rings. The van der Waals surface area contributed by atoms with Crippen molar-refractivity contribution in [2.24, 2.45) is 5.92 Å². The fourth-order valence-corrected chi connectivity index (χ4v) is 7.02. The van der Waals surface area contributed by atoms with Gasteiger partial charge in [-0.25, -0.2) is 8.42 Å². The van der Waals surface area contributed by atoms with E-state index in [1.54, 1.807) is 25.3 Å². The summed E-state index contributed by atoms with van der Waals surface area (Å²) in [6.07, 6.45) is 3.49. The van der Waals surface area contributed by atoms with Crippen LogP contribution < -0.4 is 10.1 Å². The van der Waals surface area contributed by atoms with Crippen LogP contribution in [0.3, 0.4) is 0 Å². The molecule has 2 bridgehead atoms. The number of nitrogens with one attached hydrogen (secondary N) is 1. The maximum atomic E-state index is 12.3. The van der Waals surface area contributed by atoms with E-state index in [4.69, 9.17) is 4.74 Å². The highest BCUT2D eigenvalue weighted by Crippen LogP contribution is 2.51. The monoisotopic (exact) mass is 490 g/mol. The van der Waals surface area contributed by atoms with Crippen molar-refractivity contribution in [1.82, 2.24) is 4.90 Å². The first-order valence-corrected chi connectivity index (χ1v) is 14.2. The van der Waals surface area contributed by atoms with Crippen molar-refractivity contribution in [3.8, 4) is 5.75 Å². The summed E-state index contributed by atoms with van der Waals surface area (Å²) in [5, 5.41) is 3.82. The summed E-state index contributed by atoms with van der Waals surface area (Å²) in [6, 6.07) is 26.7. The van der Waals surface area contributed by atoms with Gasteiger partial charge in [0.15, 0.2) is 9.84 Å². The predicted molar refractivity (Wildman–Crippen MR) is 141 cm³/mol.